The fraction of sp³-hybridized carbons (Fsp3) is 0.350. The summed E-state index contributed by atoms with van der Waals surface area (Å²) >= 11 is 5.75. The molecule has 2 atom stereocenters. The van der Waals surface area contributed by atoms with Gasteiger partial charge in [-0.3, -0.25) is 4.79 Å². The predicted octanol–water partition coefficient (Wildman–Crippen LogP) is 6.31. The highest BCUT2D eigenvalue weighted by atomic mass is 35.5. The van der Waals surface area contributed by atoms with Gasteiger partial charge < -0.3 is 13.8 Å². The van der Waals surface area contributed by atoms with Crippen LogP contribution < -0.4 is 14.1 Å². The molecule has 0 fully saturated rings. The first kappa shape index (κ1) is 26.9. The number of esters is 1. The molecule has 0 radical (unpaired) electrons. The van der Waals surface area contributed by atoms with E-state index in [1.807, 2.05) is 0 Å². The second-order valence-electron chi connectivity index (χ2n) is 6.76. The van der Waals surface area contributed by atoms with Crippen molar-refractivity contribution in [2.75, 3.05) is 0 Å². The monoisotopic (exact) mass is 515 g/mol. The van der Waals surface area contributed by atoms with E-state index in [0.717, 1.165) is 0 Å². The summed E-state index contributed by atoms with van der Waals surface area (Å²) in [6.07, 6.45) is 0.499. The molecule has 0 aliphatic heterocycles. The second kappa shape index (κ2) is 11.2. The van der Waals surface area contributed by atoms with Gasteiger partial charge in [-0.25, -0.2) is 17.7 Å². The Morgan fingerprint density at radius 2 is 1.42 bits per heavy atom. The van der Waals surface area contributed by atoms with Crippen LogP contribution in [0.1, 0.15) is 33.6 Å². The van der Waals surface area contributed by atoms with E-state index in [1.54, 1.807) is 13.8 Å². The van der Waals surface area contributed by atoms with Crippen LogP contribution >= 0.6 is 19.3 Å². The lowest BCUT2D eigenvalue weighted by Gasteiger charge is -2.24. The van der Waals surface area contributed by atoms with E-state index in [2.05, 4.69) is 9.61 Å². The van der Waals surface area contributed by atoms with Crippen LogP contribution in [0.5, 0.6) is 11.5 Å². The number of hydrogen-bond donors (Lipinski definition) is 1. The third-order valence-electron chi connectivity index (χ3n) is 4.32. The lowest BCUT2D eigenvalue weighted by atomic mass is 10.2. The van der Waals surface area contributed by atoms with Gasteiger partial charge in [0, 0.05) is 5.02 Å². The van der Waals surface area contributed by atoms with Gasteiger partial charge >= 0.3 is 13.7 Å². The van der Waals surface area contributed by atoms with Crippen LogP contribution in [0.25, 0.3) is 0 Å². The highest BCUT2D eigenvalue weighted by Gasteiger charge is 2.38. The number of rotatable bonds is 10. The van der Waals surface area contributed by atoms with E-state index in [0.29, 0.717) is 12.8 Å². The van der Waals surface area contributed by atoms with Crippen LogP contribution in [-0.4, -0.2) is 18.1 Å². The molecule has 0 aliphatic rings. The largest absolute Gasteiger partial charge is 0.513 e. The van der Waals surface area contributed by atoms with Gasteiger partial charge in [0.1, 0.15) is 17.9 Å². The van der Waals surface area contributed by atoms with Crippen LogP contribution in [0, 0.1) is 29.1 Å². The average molecular weight is 516 g/mol. The molecule has 0 saturated carbocycles. The highest BCUT2D eigenvalue weighted by molar-refractivity contribution is 7.52. The van der Waals surface area contributed by atoms with Gasteiger partial charge in [0.15, 0.2) is 0 Å². The maximum Gasteiger partial charge on any atom is 0.513 e. The number of benzene rings is 2. The first-order valence-corrected chi connectivity index (χ1v) is 11.6. The summed E-state index contributed by atoms with van der Waals surface area (Å²) < 4.78 is 97.1. The minimum absolute atomic E-state index is 0.209. The van der Waals surface area contributed by atoms with Gasteiger partial charge in [-0.2, -0.15) is 13.9 Å². The van der Waals surface area contributed by atoms with Crippen LogP contribution in [0.15, 0.2) is 24.3 Å². The summed E-state index contributed by atoms with van der Waals surface area (Å²) in [6, 6.07) is 3.59. The van der Waals surface area contributed by atoms with E-state index in [1.165, 1.54) is 31.2 Å². The Bertz CT molecular complexity index is 1020. The Morgan fingerprint density at radius 3 is 1.91 bits per heavy atom. The SMILES string of the molecule is CCC(CC)OC(=O)[C@H](C)NP(=O)(Oc1ccc(Cl)cc1)Oc1c(F)c(F)c(F)c(F)c1F. The lowest BCUT2D eigenvalue weighted by Crippen LogP contribution is -2.37. The molecule has 2 aromatic carbocycles. The average Bonchev–Trinajstić information content (AvgIpc) is 2.79. The number of carbonyl (C=O) groups is 1. The lowest BCUT2D eigenvalue weighted by molar-refractivity contribution is -0.151. The van der Waals surface area contributed by atoms with E-state index in [9.17, 15) is 31.3 Å². The highest BCUT2D eigenvalue weighted by Crippen LogP contribution is 2.47. The van der Waals surface area contributed by atoms with E-state index >= 15 is 0 Å². The van der Waals surface area contributed by atoms with Crippen molar-refractivity contribution in [1.29, 1.82) is 0 Å². The van der Waals surface area contributed by atoms with Crippen molar-refractivity contribution in [3.63, 3.8) is 0 Å². The molecule has 6 nitrogen and oxygen atoms in total. The zero-order valence-electron chi connectivity index (χ0n) is 17.6. The quantitative estimate of drug-likeness (QED) is 0.131. The summed E-state index contributed by atoms with van der Waals surface area (Å²) in [5.41, 5.74) is 0. The molecule has 0 saturated heterocycles. The standard InChI is InChI=1S/C20H20ClF5NO5P/c1-4-12(5-2)30-20(28)10(3)27-33(29,31-13-8-6-11(21)7-9-13)32-19-17(25)15(23)14(22)16(24)18(19)26/h6-10,12H,4-5H2,1-3H3,(H,27,29)/t10-,33?/m0/s1. The Labute approximate surface area is 191 Å². The van der Waals surface area contributed by atoms with E-state index < -0.39 is 60.7 Å². The molecular formula is C20H20ClF5NO5P. The topological polar surface area (TPSA) is 73.9 Å². The molecule has 33 heavy (non-hydrogen) atoms. The maximum atomic E-state index is 14.1. The first-order valence-electron chi connectivity index (χ1n) is 9.66. The summed E-state index contributed by atoms with van der Waals surface area (Å²) in [5, 5.41) is 2.36. The summed E-state index contributed by atoms with van der Waals surface area (Å²) in [7, 11) is -4.99. The number of ether oxygens (including phenoxy) is 1. The second-order valence-corrected chi connectivity index (χ2v) is 8.81. The van der Waals surface area contributed by atoms with E-state index in [-0.39, 0.29) is 10.8 Å². The molecule has 0 aliphatic carbocycles. The molecule has 182 valence electrons. The molecule has 0 heterocycles. The molecule has 13 heteroatoms. The minimum atomic E-state index is -4.99. The predicted molar refractivity (Wildman–Crippen MR) is 110 cm³/mol. The van der Waals surface area contributed by atoms with Crippen LogP contribution in [0.4, 0.5) is 22.0 Å². The molecule has 0 aromatic heterocycles. The molecule has 0 bridgehead atoms. The smallest absolute Gasteiger partial charge is 0.461 e. The van der Waals surface area contributed by atoms with Crippen molar-refractivity contribution in [2.24, 2.45) is 0 Å². The van der Waals surface area contributed by atoms with Crippen molar-refractivity contribution in [1.82, 2.24) is 5.09 Å². The van der Waals surface area contributed by atoms with Gasteiger partial charge in [0.2, 0.25) is 34.8 Å². The third kappa shape index (κ3) is 6.59. The van der Waals surface area contributed by atoms with Gasteiger partial charge in [-0.15, -0.1) is 0 Å². The van der Waals surface area contributed by atoms with Crippen molar-refractivity contribution in [3.8, 4) is 11.5 Å². The third-order valence-corrected chi connectivity index (χ3v) is 6.15. The Kier molecular flexibility index (Phi) is 9.11. The molecular weight excluding hydrogens is 496 g/mol. The maximum absolute atomic E-state index is 14.1. The van der Waals surface area contributed by atoms with Crippen LogP contribution in [-0.2, 0) is 14.1 Å². The summed E-state index contributed by atoms with van der Waals surface area (Å²) in [6.45, 7) is 4.71. The molecule has 2 rings (SSSR count). The Hall–Kier alpha value is -2.36. The zero-order chi connectivity index (χ0) is 24.9. The van der Waals surface area contributed by atoms with Crippen molar-refractivity contribution >= 4 is 25.3 Å². The number of hydrogen-bond acceptors (Lipinski definition) is 5. The molecule has 0 amide bonds. The molecule has 1 N–H and O–H groups in total. The van der Waals surface area contributed by atoms with Crippen molar-refractivity contribution in [3.05, 3.63) is 58.4 Å². The van der Waals surface area contributed by atoms with Crippen molar-refractivity contribution < 1.29 is 45.1 Å². The Balaban J connectivity index is 2.43. The summed E-state index contributed by atoms with van der Waals surface area (Å²) in [5.74, 6) is -14.8. The van der Waals surface area contributed by atoms with Gasteiger partial charge in [0.25, 0.3) is 0 Å². The first-order chi connectivity index (χ1) is 15.4. The minimum Gasteiger partial charge on any atom is -0.461 e. The van der Waals surface area contributed by atoms with Gasteiger partial charge in [-0.1, -0.05) is 25.4 Å². The van der Waals surface area contributed by atoms with Gasteiger partial charge in [0.05, 0.1) is 0 Å². The normalized spacial score (nSPS) is 14.0. The van der Waals surface area contributed by atoms with E-state index in [4.69, 9.17) is 20.9 Å². The van der Waals surface area contributed by atoms with Crippen LogP contribution in [0.3, 0.4) is 0 Å². The van der Waals surface area contributed by atoms with Crippen molar-refractivity contribution in [2.45, 2.75) is 45.8 Å². The fourth-order valence-corrected chi connectivity index (χ4v) is 4.15. The number of nitrogens with one attached hydrogen (secondary N) is 1. The van der Waals surface area contributed by atoms with Gasteiger partial charge in [-0.05, 0) is 44.0 Å². The zero-order valence-corrected chi connectivity index (χ0v) is 19.3. The number of carbonyl (C=O) groups excluding carboxylic acids is 1. The molecule has 1 unspecified atom stereocenters. The molecule has 2 aromatic rings. The summed E-state index contributed by atoms with van der Waals surface area (Å²) in [4.78, 5) is 12.3. The molecule has 0 spiro atoms. The Morgan fingerprint density at radius 1 is 0.939 bits per heavy atom. The van der Waals surface area contributed by atoms with Crippen LogP contribution in [0.2, 0.25) is 5.02 Å². The number of halogens is 6. The fourth-order valence-electron chi connectivity index (χ4n) is 2.50.